The third-order valence-corrected chi connectivity index (χ3v) is 7.67. The summed E-state index contributed by atoms with van der Waals surface area (Å²) in [7, 11) is 0. The predicted octanol–water partition coefficient (Wildman–Crippen LogP) is 3.72. The van der Waals surface area contributed by atoms with E-state index in [0.717, 1.165) is 6.42 Å². The van der Waals surface area contributed by atoms with Gasteiger partial charge in [0.25, 0.3) is 5.91 Å². The van der Waals surface area contributed by atoms with Gasteiger partial charge in [-0.2, -0.15) is 0 Å². The van der Waals surface area contributed by atoms with Gasteiger partial charge < -0.3 is 24.4 Å². The predicted molar refractivity (Wildman–Crippen MR) is 136 cm³/mol. The molecule has 0 saturated carbocycles. The second kappa shape index (κ2) is 11.1. The molecular weight excluding hydrogens is 503 g/mol. The maximum Gasteiger partial charge on any atom is 0.254 e. The van der Waals surface area contributed by atoms with Crippen molar-refractivity contribution >= 4 is 35.0 Å². The van der Waals surface area contributed by atoms with Crippen LogP contribution in [0, 0.1) is 0 Å². The van der Waals surface area contributed by atoms with E-state index in [1.165, 1.54) is 11.1 Å². The topological polar surface area (TPSA) is 79.3 Å². The number of rotatable bonds is 3. The Kier molecular flexibility index (Phi) is 7.84. The van der Waals surface area contributed by atoms with Crippen LogP contribution in [-0.4, -0.2) is 77.4 Å². The van der Waals surface area contributed by atoms with Gasteiger partial charge in [-0.25, -0.2) is 0 Å². The van der Waals surface area contributed by atoms with Gasteiger partial charge in [0.1, 0.15) is 6.10 Å². The lowest BCUT2D eigenvalue weighted by Crippen LogP contribution is -2.57. The van der Waals surface area contributed by atoms with Crippen molar-refractivity contribution in [3.05, 3.63) is 69.2 Å². The summed E-state index contributed by atoms with van der Waals surface area (Å²) in [6, 6.07) is 12.7. The van der Waals surface area contributed by atoms with E-state index >= 15 is 0 Å². The standard InChI is InChI=1S/C27H30Cl2N2O5/c28-20-9-19(10-21(29)11-20)27(34)31-14-22(32)15-35-16-25-24(31)6-5-23(36-25)12-26(33)30-8-7-17-3-1-2-4-18(17)13-30/h1-4,9-11,22-25,32H,5-8,12-16H2/t22-,23-,24-,25+/m1/s1. The van der Waals surface area contributed by atoms with Crippen molar-refractivity contribution in [2.75, 3.05) is 26.3 Å². The maximum atomic E-state index is 13.5. The molecule has 3 aliphatic heterocycles. The van der Waals surface area contributed by atoms with Crippen LogP contribution >= 0.6 is 23.2 Å². The normalized spacial score (nSPS) is 26.4. The van der Waals surface area contributed by atoms with E-state index in [1.54, 1.807) is 23.1 Å². The van der Waals surface area contributed by atoms with E-state index in [4.69, 9.17) is 32.7 Å². The Morgan fingerprint density at radius 2 is 1.78 bits per heavy atom. The molecule has 0 aliphatic carbocycles. The number of aliphatic hydroxyl groups excluding tert-OH is 1. The van der Waals surface area contributed by atoms with Crippen molar-refractivity contribution < 1.29 is 24.2 Å². The van der Waals surface area contributed by atoms with E-state index in [9.17, 15) is 14.7 Å². The molecular formula is C27H30Cl2N2O5. The van der Waals surface area contributed by atoms with Crippen LogP contribution in [-0.2, 0) is 27.2 Å². The summed E-state index contributed by atoms with van der Waals surface area (Å²) < 4.78 is 12.0. The molecule has 1 N–H and O–H groups in total. The minimum atomic E-state index is -0.814. The Balaban J connectivity index is 1.27. The molecule has 2 fully saturated rings. The van der Waals surface area contributed by atoms with Crippen molar-refractivity contribution in [2.45, 2.75) is 56.6 Å². The van der Waals surface area contributed by atoms with Gasteiger partial charge >= 0.3 is 0 Å². The molecule has 36 heavy (non-hydrogen) atoms. The molecule has 9 heteroatoms. The Morgan fingerprint density at radius 1 is 1.03 bits per heavy atom. The number of carbonyl (C=O) groups is 2. The zero-order chi connectivity index (χ0) is 25.2. The number of aliphatic hydroxyl groups is 1. The highest BCUT2D eigenvalue weighted by atomic mass is 35.5. The van der Waals surface area contributed by atoms with Crippen molar-refractivity contribution in [3.8, 4) is 0 Å². The molecule has 2 aromatic rings. The molecule has 0 aromatic heterocycles. The van der Waals surface area contributed by atoms with E-state index in [-0.39, 0.29) is 43.7 Å². The van der Waals surface area contributed by atoms with Gasteiger partial charge in [-0.3, -0.25) is 9.59 Å². The molecule has 0 bridgehead atoms. The number of nitrogens with zero attached hydrogens (tertiary/aromatic N) is 2. The van der Waals surface area contributed by atoms with E-state index in [1.807, 2.05) is 17.0 Å². The van der Waals surface area contributed by atoms with Crippen LogP contribution < -0.4 is 0 Å². The molecule has 2 saturated heterocycles. The zero-order valence-corrected chi connectivity index (χ0v) is 21.5. The monoisotopic (exact) mass is 532 g/mol. The molecule has 7 nitrogen and oxygen atoms in total. The minimum absolute atomic E-state index is 0.0802. The van der Waals surface area contributed by atoms with Crippen LogP contribution in [0.1, 0.15) is 40.7 Å². The largest absolute Gasteiger partial charge is 0.389 e. The molecule has 3 heterocycles. The number of ether oxygens (including phenoxy) is 2. The van der Waals surface area contributed by atoms with Crippen molar-refractivity contribution in [1.82, 2.24) is 9.80 Å². The summed E-state index contributed by atoms with van der Waals surface area (Å²) in [5.41, 5.74) is 2.87. The Labute approximate surface area is 220 Å². The van der Waals surface area contributed by atoms with Crippen molar-refractivity contribution in [1.29, 1.82) is 0 Å². The summed E-state index contributed by atoms with van der Waals surface area (Å²) in [4.78, 5) is 30.1. The van der Waals surface area contributed by atoms with Gasteiger partial charge in [0.2, 0.25) is 5.91 Å². The SMILES string of the molecule is O=C(C[C@H]1CC[C@@H]2[C@H](COC[C@H](O)CN2C(=O)c2cc(Cl)cc(Cl)c2)O1)N1CCc2ccccc2C1. The number of halogens is 2. The number of benzene rings is 2. The molecule has 192 valence electrons. The fourth-order valence-corrected chi connectivity index (χ4v) is 5.98. The average molecular weight is 533 g/mol. The van der Waals surface area contributed by atoms with Gasteiger partial charge in [-0.05, 0) is 48.6 Å². The van der Waals surface area contributed by atoms with Crippen LogP contribution in [0.4, 0.5) is 0 Å². The Hall–Kier alpha value is -2.16. The summed E-state index contributed by atoms with van der Waals surface area (Å²) in [5.74, 6) is -0.183. The summed E-state index contributed by atoms with van der Waals surface area (Å²) >= 11 is 12.3. The number of fused-ring (bicyclic) bond motifs is 2. The van der Waals surface area contributed by atoms with E-state index in [0.29, 0.717) is 48.0 Å². The molecule has 3 aliphatic rings. The summed E-state index contributed by atoms with van der Waals surface area (Å²) in [5, 5.41) is 11.1. The first-order chi connectivity index (χ1) is 17.4. The maximum absolute atomic E-state index is 13.5. The van der Waals surface area contributed by atoms with Crippen LogP contribution in [0.15, 0.2) is 42.5 Å². The first-order valence-electron chi connectivity index (χ1n) is 12.4. The van der Waals surface area contributed by atoms with Crippen LogP contribution in [0.2, 0.25) is 10.0 Å². The first kappa shape index (κ1) is 25.5. The molecule has 0 unspecified atom stereocenters. The number of hydrogen-bond donors (Lipinski definition) is 1. The quantitative estimate of drug-likeness (QED) is 0.651. The van der Waals surface area contributed by atoms with E-state index < -0.39 is 12.2 Å². The third kappa shape index (κ3) is 5.71. The van der Waals surface area contributed by atoms with Crippen molar-refractivity contribution in [2.24, 2.45) is 0 Å². The van der Waals surface area contributed by atoms with Crippen LogP contribution in [0.25, 0.3) is 0 Å². The minimum Gasteiger partial charge on any atom is -0.389 e. The molecule has 2 amide bonds. The number of carbonyl (C=O) groups excluding carboxylic acids is 2. The molecule has 0 radical (unpaired) electrons. The Morgan fingerprint density at radius 3 is 2.56 bits per heavy atom. The Bertz CT molecular complexity index is 1110. The smallest absolute Gasteiger partial charge is 0.254 e. The molecule has 2 aromatic carbocycles. The first-order valence-corrected chi connectivity index (χ1v) is 13.2. The summed E-state index contributed by atoms with van der Waals surface area (Å²) in [6.07, 6.45) is 0.969. The van der Waals surface area contributed by atoms with Gasteiger partial charge in [0, 0.05) is 35.2 Å². The van der Waals surface area contributed by atoms with Crippen LogP contribution in [0.5, 0.6) is 0 Å². The number of β-amino-alcohol motifs (C(OH)–C–C–N with tert-alkyl or cyclic N) is 1. The van der Waals surface area contributed by atoms with Gasteiger partial charge in [-0.1, -0.05) is 47.5 Å². The van der Waals surface area contributed by atoms with Crippen LogP contribution in [0.3, 0.4) is 0 Å². The highest BCUT2D eigenvalue weighted by molar-refractivity contribution is 6.35. The number of hydrogen-bond acceptors (Lipinski definition) is 5. The second-order valence-corrected chi connectivity index (χ2v) is 10.7. The third-order valence-electron chi connectivity index (χ3n) is 7.24. The summed E-state index contributed by atoms with van der Waals surface area (Å²) in [6.45, 7) is 1.79. The second-order valence-electron chi connectivity index (χ2n) is 9.79. The average Bonchev–Trinajstić information content (AvgIpc) is 2.85. The lowest BCUT2D eigenvalue weighted by molar-refractivity contribution is -0.155. The highest BCUT2D eigenvalue weighted by Crippen LogP contribution is 2.30. The lowest BCUT2D eigenvalue weighted by Gasteiger charge is -2.44. The molecule has 0 spiro atoms. The highest BCUT2D eigenvalue weighted by Gasteiger charge is 2.40. The number of amides is 2. The fraction of sp³-hybridized carbons (Fsp3) is 0.481. The zero-order valence-electron chi connectivity index (χ0n) is 19.9. The molecule has 4 atom stereocenters. The lowest BCUT2D eigenvalue weighted by atomic mass is 9.93. The molecule has 5 rings (SSSR count). The van der Waals surface area contributed by atoms with Gasteiger partial charge in [-0.15, -0.1) is 0 Å². The van der Waals surface area contributed by atoms with Gasteiger partial charge in [0.05, 0.1) is 37.9 Å². The fourth-order valence-electron chi connectivity index (χ4n) is 5.45. The van der Waals surface area contributed by atoms with Crippen molar-refractivity contribution in [3.63, 3.8) is 0 Å². The van der Waals surface area contributed by atoms with Gasteiger partial charge in [0.15, 0.2) is 0 Å². The van der Waals surface area contributed by atoms with E-state index in [2.05, 4.69) is 12.1 Å².